The van der Waals surface area contributed by atoms with Gasteiger partial charge in [0, 0.05) is 44.7 Å². The first-order chi connectivity index (χ1) is 16.9. The fraction of sp³-hybridized carbons (Fsp3) is 0.462. The topological polar surface area (TPSA) is 87.2 Å². The summed E-state index contributed by atoms with van der Waals surface area (Å²) in [5.74, 6) is 0.756. The van der Waals surface area contributed by atoms with Crippen LogP contribution in [0, 0.1) is 0 Å². The van der Waals surface area contributed by atoms with Gasteiger partial charge in [-0.2, -0.15) is 4.31 Å². The molecule has 186 valence electrons. The molecule has 2 aromatic rings. The summed E-state index contributed by atoms with van der Waals surface area (Å²) in [5.41, 5.74) is 3.36. The van der Waals surface area contributed by atoms with E-state index in [0.717, 1.165) is 35.4 Å². The molecule has 3 aliphatic rings. The summed E-state index contributed by atoms with van der Waals surface area (Å²) in [6.45, 7) is 4.57. The van der Waals surface area contributed by atoms with Crippen LogP contribution in [0.3, 0.4) is 0 Å². The monoisotopic (exact) mass is 497 g/mol. The minimum Gasteiger partial charge on any atom is -0.494 e. The van der Waals surface area contributed by atoms with Crippen molar-refractivity contribution >= 4 is 27.5 Å². The highest BCUT2D eigenvalue weighted by molar-refractivity contribution is 7.89. The molecule has 3 heterocycles. The van der Waals surface area contributed by atoms with Crippen molar-refractivity contribution in [2.75, 3.05) is 44.2 Å². The second kappa shape index (κ2) is 9.62. The number of anilines is 1. The molecule has 2 aromatic carbocycles. The fourth-order valence-electron chi connectivity index (χ4n) is 5.07. The zero-order valence-electron chi connectivity index (χ0n) is 20.0. The van der Waals surface area contributed by atoms with Crippen molar-refractivity contribution in [2.45, 2.75) is 43.9 Å². The number of carbonyl (C=O) groups is 2. The molecule has 0 aliphatic carbocycles. The van der Waals surface area contributed by atoms with Crippen molar-refractivity contribution in [3.8, 4) is 5.75 Å². The van der Waals surface area contributed by atoms with Crippen LogP contribution < -0.4 is 9.64 Å². The van der Waals surface area contributed by atoms with Gasteiger partial charge in [-0.3, -0.25) is 9.59 Å². The van der Waals surface area contributed by atoms with Crippen LogP contribution in [-0.4, -0.2) is 68.8 Å². The third kappa shape index (κ3) is 4.54. The van der Waals surface area contributed by atoms with Gasteiger partial charge < -0.3 is 14.5 Å². The molecular weight excluding hydrogens is 466 g/mol. The predicted octanol–water partition coefficient (Wildman–Crippen LogP) is 2.85. The number of sulfonamides is 1. The van der Waals surface area contributed by atoms with E-state index in [1.807, 2.05) is 0 Å². The molecule has 0 bridgehead atoms. The molecule has 0 atom stereocenters. The largest absolute Gasteiger partial charge is 0.494 e. The summed E-state index contributed by atoms with van der Waals surface area (Å²) in [7, 11) is -3.68. The number of amides is 2. The number of rotatable bonds is 7. The summed E-state index contributed by atoms with van der Waals surface area (Å²) < 4.78 is 34.0. The molecular formula is C26H31N3O5S. The third-order valence-electron chi connectivity index (χ3n) is 7.06. The van der Waals surface area contributed by atoms with Gasteiger partial charge in [0.2, 0.25) is 15.9 Å². The van der Waals surface area contributed by atoms with Gasteiger partial charge in [0.1, 0.15) is 5.75 Å². The quantitative estimate of drug-likeness (QED) is 0.549. The molecule has 0 spiro atoms. The average molecular weight is 498 g/mol. The van der Waals surface area contributed by atoms with Crippen molar-refractivity contribution in [3.63, 3.8) is 0 Å². The van der Waals surface area contributed by atoms with Gasteiger partial charge in [-0.05, 0) is 66.8 Å². The number of nitrogens with zero attached hydrogens (tertiary/aromatic N) is 3. The Morgan fingerprint density at radius 1 is 0.943 bits per heavy atom. The van der Waals surface area contributed by atoms with E-state index in [2.05, 4.69) is 6.92 Å². The van der Waals surface area contributed by atoms with Gasteiger partial charge >= 0.3 is 0 Å². The Kier molecular flexibility index (Phi) is 6.55. The maximum absolute atomic E-state index is 13.4. The molecule has 0 N–H and O–H groups in total. The van der Waals surface area contributed by atoms with E-state index >= 15 is 0 Å². The number of hydrogen-bond donors (Lipinski definition) is 0. The first-order valence-corrected chi connectivity index (χ1v) is 13.8. The Balaban J connectivity index is 1.24. The highest BCUT2D eigenvalue weighted by atomic mass is 32.2. The summed E-state index contributed by atoms with van der Waals surface area (Å²) in [6, 6.07) is 10.6. The van der Waals surface area contributed by atoms with Gasteiger partial charge in [-0.15, -0.1) is 0 Å². The maximum Gasteiger partial charge on any atom is 0.253 e. The van der Waals surface area contributed by atoms with Crippen LogP contribution in [0.4, 0.5) is 5.69 Å². The lowest BCUT2D eigenvalue weighted by Gasteiger charge is -2.34. The summed E-state index contributed by atoms with van der Waals surface area (Å²) >= 11 is 0. The van der Waals surface area contributed by atoms with Crippen LogP contribution >= 0.6 is 0 Å². The van der Waals surface area contributed by atoms with Crippen LogP contribution in [0.15, 0.2) is 41.3 Å². The lowest BCUT2D eigenvalue weighted by molar-refractivity contribution is -0.118. The van der Waals surface area contributed by atoms with Crippen molar-refractivity contribution < 1.29 is 22.7 Å². The Labute approximate surface area is 206 Å². The normalized spacial score (nSPS) is 18.0. The van der Waals surface area contributed by atoms with Crippen molar-refractivity contribution in [1.82, 2.24) is 9.21 Å². The first-order valence-electron chi connectivity index (χ1n) is 12.4. The zero-order chi connectivity index (χ0) is 24.6. The van der Waals surface area contributed by atoms with Crippen LogP contribution in [0.2, 0.25) is 0 Å². The highest BCUT2D eigenvalue weighted by Crippen LogP contribution is 2.39. The summed E-state index contributed by atoms with van der Waals surface area (Å²) in [5, 5.41) is 0. The fourth-order valence-corrected chi connectivity index (χ4v) is 6.59. The second-order valence-corrected chi connectivity index (χ2v) is 11.2. The van der Waals surface area contributed by atoms with Gasteiger partial charge in [0.05, 0.1) is 17.2 Å². The zero-order valence-corrected chi connectivity index (χ0v) is 20.8. The van der Waals surface area contributed by atoms with Gasteiger partial charge in [0.15, 0.2) is 0 Å². The van der Waals surface area contributed by atoms with Crippen LogP contribution in [0.1, 0.15) is 47.7 Å². The molecule has 35 heavy (non-hydrogen) atoms. The molecule has 0 radical (unpaired) electrons. The van der Waals surface area contributed by atoms with E-state index in [1.54, 1.807) is 46.2 Å². The van der Waals surface area contributed by atoms with E-state index in [0.29, 0.717) is 56.0 Å². The number of piperazine rings is 1. The average Bonchev–Trinajstić information content (AvgIpc) is 3.32. The maximum atomic E-state index is 13.4. The van der Waals surface area contributed by atoms with Crippen LogP contribution in [0.5, 0.6) is 5.75 Å². The lowest BCUT2D eigenvalue weighted by Crippen LogP contribution is -2.50. The van der Waals surface area contributed by atoms with Crippen molar-refractivity contribution in [1.29, 1.82) is 0 Å². The SMILES string of the molecule is CCCCOc1ccc(C(=O)N2CCN(S(=O)(=O)c3cc4c5c(c3)CCN5C(=O)CC4)CC2)cc1. The minimum absolute atomic E-state index is 0.103. The highest BCUT2D eigenvalue weighted by Gasteiger charge is 2.35. The molecule has 9 heteroatoms. The number of benzene rings is 2. The number of unbranched alkanes of at least 4 members (excludes halogenated alkanes) is 1. The Hall–Kier alpha value is -2.91. The van der Waals surface area contributed by atoms with Crippen LogP contribution in [0.25, 0.3) is 0 Å². The lowest BCUT2D eigenvalue weighted by atomic mass is 10.00. The second-order valence-electron chi connectivity index (χ2n) is 9.31. The molecule has 2 amide bonds. The predicted molar refractivity (Wildman–Crippen MR) is 132 cm³/mol. The number of carbonyl (C=O) groups excluding carboxylic acids is 2. The Morgan fingerprint density at radius 3 is 2.31 bits per heavy atom. The molecule has 5 rings (SSSR count). The smallest absolute Gasteiger partial charge is 0.253 e. The summed E-state index contributed by atoms with van der Waals surface area (Å²) in [6.07, 6.45) is 3.72. The van der Waals surface area contributed by atoms with E-state index in [4.69, 9.17) is 4.74 Å². The molecule has 0 aromatic heterocycles. The molecule has 8 nitrogen and oxygen atoms in total. The summed E-state index contributed by atoms with van der Waals surface area (Å²) in [4.78, 5) is 28.9. The first kappa shape index (κ1) is 23.8. The molecule has 3 aliphatic heterocycles. The third-order valence-corrected chi connectivity index (χ3v) is 8.93. The number of ether oxygens (including phenoxy) is 1. The van der Waals surface area contributed by atoms with Crippen molar-refractivity contribution in [3.05, 3.63) is 53.1 Å². The number of aryl methyl sites for hydroxylation is 1. The Morgan fingerprint density at radius 2 is 1.63 bits per heavy atom. The molecule has 0 saturated carbocycles. The van der Waals surface area contributed by atoms with E-state index in [-0.39, 0.29) is 24.9 Å². The van der Waals surface area contributed by atoms with E-state index < -0.39 is 10.0 Å². The van der Waals surface area contributed by atoms with Gasteiger partial charge in [0.25, 0.3) is 5.91 Å². The number of hydrogen-bond acceptors (Lipinski definition) is 5. The standard InChI is InChI=1S/C26H31N3O5S/c1-2-3-16-34-22-7-4-19(5-8-22)26(31)27-12-14-28(15-13-27)35(32,33)23-17-20-6-9-24(30)29-11-10-21(18-23)25(20)29/h4-5,7-8,17-18H,2-3,6,9-16H2,1H3. The van der Waals surface area contributed by atoms with E-state index in [1.165, 1.54) is 4.31 Å². The van der Waals surface area contributed by atoms with E-state index in [9.17, 15) is 18.0 Å². The van der Waals surface area contributed by atoms with Crippen LogP contribution in [-0.2, 0) is 27.7 Å². The van der Waals surface area contributed by atoms with Crippen molar-refractivity contribution in [2.24, 2.45) is 0 Å². The Bertz CT molecular complexity index is 1230. The minimum atomic E-state index is -3.68. The van der Waals surface area contributed by atoms with Gasteiger partial charge in [-0.25, -0.2) is 8.42 Å². The van der Waals surface area contributed by atoms with Gasteiger partial charge in [-0.1, -0.05) is 13.3 Å². The molecule has 0 unspecified atom stereocenters. The molecule has 1 saturated heterocycles. The molecule has 1 fully saturated rings.